The summed E-state index contributed by atoms with van der Waals surface area (Å²) in [5, 5.41) is 16.5. The number of nitrogens with one attached hydrogen (secondary N) is 1. The Morgan fingerprint density at radius 1 is 1.29 bits per heavy atom. The number of H-pyrrole nitrogens is 1. The number of aromatic amines is 1. The summed E-state index contributed by atoms with van der Waals surface area (Å²) in [6.07, 6.45) is 4.83. The van der Waals surface area contributed by atoms with Crippen LogP contribution in [0.3, 0.4) is 0 Å². The number of rotatable bonds is 3. The summed E-state index contributed by atoms with van der Waals surface area (Å²) in [6.45, 7) is 4.00. The van der Waals surface area contributed by atoms with Gasteiger partial charge in [-0.25, -0.2) is 4.98 Å². The van der Waals surface area contributed by atoms with Crippen molar-refractivity contribution < 1.29 is 9.90 Å². The molecule has 2 fully saturated rings. The van der Waals surface area contributed by atoms with E-state index in [1.54, 1.807) is 11.1 Å². The maximum absolute atomic E-state index is 12.8. The van der Waals surface area contributed by atoms with Gasteiger partial charge in [-0.15, -0.1) is 0 Å². The van der Waals surface area contributed by atoms with Gasteiger partial charge in [0.1, 0.15) is 5.82 Å². The van der Waals surface area contributed by atoms with E-state index >= 15 is 0 Å². The minimum Gasteiger partial charge on any atom is -0.392 e. The Bertz CT molecular complexity index is 745. The van der Waals surface area contributed by atoms with Gasteiger partial charge in [0.2, 0.25) is 5.91 Å². The number of aryl methyl sites for hydroxylation is 1. The van der Waals surface area contributed by atoms with Crippen molar-refractivity contribution >= 4 is 11.7 Å². The van der Waals surface area contributed by atoms with Crippen LogP contribution in [0, 0.1) is 6.92 Å². The summed E-state index contributed by atoms with van der Waals surface area (Å²) in [5.74, 6) is 0.791. The Morgan fingerprint density at radius 2 is 2.17 bits per heavy atom. The van der Waals surface area contributed by atoms with Crippen molar-refractivity contribution in [1.29, 1.82) is 0 Å². The van der Waals surface area contributed by atoms with Crippen LogP contribution in [0.25, 0.3) is 11.1 Å². The molecule has 2 saturated heterocycles. The fourth-order valence-corrected chi connectivity index (χ4v) is 3.68. The number of likely N-dealkylation sites (tertiary alicyclic amines) is 1. The Kier molecular flexibility index (Phi) is 3.82. The molecule has 7 heteroatoms. The van der Waals surface area contributed by atoms with Crippen molar-refractivity contribution in [3.8, 4) is 11.1 Å². The number of amides is 1. The lowest BCUT2D eigenvalue weighted by Gasteiger charge is -2.22. The number of pyridine rings is 1. The molecule has 0 radical (unpaired) electrons. The molecular formula is C17H21N5O2. The highest BCUT2D eigenvalue weighted by molar-refractivity contribution is 5.98. The first-order valence-electron chi connectivity index (χ1n) is 8.34. The maximum atomic E-state index is 12.8. The third kappa shape index (κ3) is 2.59. The van der Waals surface area contributed by atoms with Gasteiger partial charge < -0.3 is 5.11 Å². The van der Waals surface area contributed by atoms with E-state index in [2.05, 4.69) is 20.1 Å². The second-order valence-electron chi connectivity index (χ2n) is 6.52. The lowest BCUT2D eigenvalue weighted by molar-refractivity contribution is -0.121. The largest absolute Gasteiger partial charge is 0.392 e. The summed E-state index contributed by atoms with van der Waals surface area (Å²) in [7, 11) is 0. The number of aromatic nitrogens is 3. The molecule has 7 nitrogen and oxygen atoms in total. The van der Waals surface area contributed by atoms with Crippen molar-refractivity contribution in [2.75, 3.05) is 24.5 Å². The first-order valence-corrected chi connectivity index (χ1v) is 8.34. The second-order valence-corrected chi connectivity index (χ2v) is 6.52. The van der Waals surface area contributed by atoms with E-state index in [0.717, 1.165) is 36.2 Å². The molecule has 2 aromatic rings. The van der Waals surface area contributed by atoms with Crippen LogP contribution in [-0.4, -0.2) is 62.9 Å². The molecule has 4 rings (SSSR count). The number of carbonyl (C=O) groups is 1. The molecule has 2 aliphatic rings. The van der Waals surface area contributed by atoms with Crippen molar-refractivity contribution in [3.63, 3.8) is 0 Å². The standard InChI is InChI=1S/C17H21N5O2/c1-11-14(12-8-18-19-9-12)2-3-16(20-11)22-7-5-15(17(22)24)21-6-4-13(23)10-21/h2-3,8-9,13,15,23H,4-7,10H2,1H3,(H,18,19)/t13-,15?/m0/s1. The molecule has 2 aliphatic heterocycles. The average Bonchev–Trinajstić information content (AvgIpc) is 3.28. The molecule has 0 bridgehead atoms. The van der Waals surface area contributed by atoms with Crippen LogP contribution >= 0.6 is 0 Å². The smallest absolute Gasteiger partial charge is 0.245 e. The molecule has 1 amide bonds. The molecular weight excluding hydrogens is 306 g/mol. The summed E-state index contributed by atoms with van der Waals surface area (Å²) in [5.41, 5.74) is 2.88. The molecule has 4 heterocycles. The van der Waals surface area contributed by atoms with Gasteiger partial charge in [0.25, 0.3) is 0 Å². The van der Waals surface area contributed by atoms with Crippen LogP contribution in [0.2, 0.25) is 0 Å². The zero-order chi connectivity index (χ0) is 16.7. The minimum absolute atomic E-state index is 0.0899. The van der Waals surface area contributed by atoms with Gasteiger partial charge >= 0.3 is 0 Å². The zero-order valence-corrected chi connectivity index (χ0v) is 13.6. The molecule has 1 unspecified atom stereocenters. The molecule has 126 valence electrons. The summed E-state index contributed by atoms with van der Waals surface area (Å²) < 4.78 is 0. The lowest BCUT2D eigenvalue weighted by Crippen LogP contribution is -2.41. The first kappa shape index (κ1) is 15.3. The molecule has 24 heavy (non-hydrogen) atoms. The Labute approximate surface area is 140 Å². The van der Waals surface area contributed by atoms with Gasteiger partial charge in [-0.2, -0.15) is 5.10 Å². The molecule has 0 saturated carbocycles. The Hall–Kier alpha value is -2.25. The predicted octanol–water partition coefficient (Wildman–Crippen LogP) is 0.952. The third-order valence-electron chi connectivity index (χ3n) is 4.97. The van der Waals surface area contributed by atoms with Gasteiger partial charge in [0.05, 0.1) is 18.3 Å². The van der Waals surface area contributed by atoms with Crippen molar-refractivity contribution in [1.82, 2.24) is 20.1 Å². The van der Waals surface area contributed by atoms with E-state index in [-0.39, 0.29) is 18.1 Å². The average molecular weight is 327 g/mol. The van der Waals surface area contributed by atoms with E-state index in [4.69, 9.17) is 0 Å². The van der Waals surface area contributed by atoms with Crippen molar-refractivity contribution in [2.45, 2.75) is 31.9 Å². The summed E-state index contributed by atoms with van der Waals surface area (Å²) >= 11 is 0. The van der Waals surface area contributed by atoms with Crippen LogP contribution in [0.5, 0.6) is 0 Å². The number of hydrogen-bond donors (Lipinski definition) is 2. The van der Waals surface area contributed by atoms with Crippen LogP contribution in [-0.2, 0) is 4.79 Å². The molecule has 0 aromatic carbocycles. The summed E-state index contributed by atoms with van der Waals surface area (Å²) in [4.78, 5) is 21.3. The predicted molar refractivity (Wildman–Crippen MR) is 89.5 cm³/mol. The van der Waals surface area contributed by atoms with E-state index in [9.17, 15) is 9.90 Å². The third-order valence-corrected chi connectivity index (χ3v) is 4.97. The van der Waals surface area contributed by atoms with Crippen LogP contribution in [0.15, 0.2) is 24.5 Å². The molecule has 2 atom stereocenters. The monoisotopic (exact) mass is 327 g/mol. The Morgan fingerprint density at radius 3 is 2.83 bits per heavy atom. The van der Waals surface area contributed by atoms with E-state index in [1.165, 1.54) is 0 Å². The molecule has 0 spiro atoms. The maximum Gasteiger partial charge on any atom is 0.245 e. The van der Waals surface area contributed by atoms with Gasteiger partial charge in [0, 0.05) is 42.7 Å². The highest BCUT2D eigenvalue weighted by Gasteiger charge is 2.39. The van der Waals surface area contributed by atoms with Crippen LogP contribution < -0.4 is 4.90 Å². The molecule has 2 aromatic heterocycles. The van der Waals surface area contributed by atoms with Crippen molar-refractivity contribution in [3.05, 3.63) is 30.2 Å². The van der Waals surface area contributed by atoms with Crippen LogP contribution in [0.4, 0.5) is 5.82 Å². The van der Waals surface area contributed by atoms with E-state index in [1.807, 2.05) is 25.3 Å². The fraction of sp³-hybridized carbons (Fsp3) is 0.471. The first-order chi connectivity index (χ1) is 11.6. The zero-order valence-electron chi connectivity index (χ0n) is 13.6. The molecule has 0 aliphatic carbocycles. The van der Waals surface area contributed by atoms with Gasteiger partial charge in [-0.1, -0.05) is 0 Å². The minimum atomic E-state index is -0.304. The summed E-state index contributed by atoms with van der Waals surface area (Å²) in [6, 6.07) is 3.76. The number of hydrogen-bond acceptors (Lipinski definition) is 5. The van der Waals surface area contributed by atoms with Crippen molar-refractivity contribution in [2.24, 2.45) is 0 Å². The SMILES string of the molecule is Cc1nc(N2CCC(N3CC[C@H](O)C3)C2=O)ccc1-c1cn[nH]c1. The number of anilines is 1. The molecule has 2 N–H and O–H groups in total. The van der Waals surface area contributed by atoms with Gasteiger partial charge in [0.15, 0.2) is 0 Å². The van der Waals surface area contributed by atoms with Gasteiger partial charge in [-0.3, -0.25) is 19.7 Å². The number of aliphatic hydroxyl groups excluding tert-OH is 1. The van der Waals surface area contributed by atoms with Crippen LogP contribution in [0.1, 0.15) is 18.5 Å². The topological polar surface area (TPSA) is 85.3 Å². The fourth-order valence-electron chi connectivity index (χ4n) is 3.68. The Balaban J connectivity index is 1.54. The highest BCUT2D eigenvalue weighted by atomic mass is 16.3. The normalized spacial score (nSPS) is 24.9. The number of carbonyl (C=O) groups excluding carboxylic acids is 1. The van der Waals surface area contributed by atoms with E-state index in [0.29, 0.717) is 18.9 Å². The van der Waals surface area contributed by atoms with Gasteiger partial charge in [-0.05, 0) is 31.9 Å². The number of β-amino-alcohol motifs (C(OH)–C–C–N with tert-alkyl or cyclic N) is 1. The second kappa shape index (κ2) is 5.99. The quantitative estimate of drug-likeness (QED) is 0.877. The van der Waals surface area contributed by atoms with E-state index < -0.39 is 0 Å². The number of nitrogens with zero attached hydrogens (tertiary/aromatic N) is 4. The number of aliphatic hydroxyl groups is 1. The highest BCUT2D eigenvalue weighted by Crippen LogP contribution is 2.28. The lowest BCUT2D eigenvalue weighted by atomic mass is 10.1.